The number of carbonyl (C=O) groups is 1. The van der Waals surface area contributed by atoms with Gasteiger partial charge < -0.3 is 10.0 Å². The summed E-state index contributed by atoms with van der Waals surface area (Å²) in [6.45, 7) is 5.11. The van der Waals surface area contributed by atoms with Crippen molar-refractivity contribution >= 4 is 17.2 Å². The molecule has 1 aliphatic rings. The average molecular weight is 320 g/mol. The second-order valence-electron chi connectivity index (χ2n) is 6.44. The van der Waals surface area contributed by atoms with Gasteiger partial charge in [-0.15, -0.1) is 11.3 Å². The van der Waals surface area contributed by atoms with Crippen LogP contribution >= 0.6 is 11.3 Å². The van der Waals surface area contributed by atoms with Crippen molar-refractivity contribution < 1.29 is 9.90 Å². The quantitative estimate of drug-likeness (QED) is 0.866. The molecule has 0 saturated carbocycles. The van der Waals surface area contributed by atoms with E-state index in [1.807, 2.05) is 20.2 Å². The number of likely N-dealkylation sites (tertiary alicyclic amines) is 1. The molecule has 0 spiro atoms. The lowest BCUT2D eigenvalue weighted by atomic mass is 10.1. The van der Waals surface area contributed by atoms with E-state index in [1.165, 1.54) is 4.88 Å². The van der Waals surface area contributed by atoms with Crippen LogP contribution in [0.3, 0.4) is 0 Å². The Kier molecular flexibility index (Phi) is 5.28. The van der Waals surface area contributed by atoms with Crippen molar-refractivity contribution in [3.63, 3.8) is 0 Å². The summed E-state index contributed by atoms with van der Waals surface area (Å²) in [5.41, 5.74) is -0.970. The molecule has 0 aliphatic carbocycles. The van der Waals surface area contributed by atoms with Crippen LogP contribution < -0.4 is 0 Å². The van der Waals surface area contributed by atoms with Crippen LogP contribution in [0, 0.1) is 11.8 Å². The predicted molar refractivity (Wildman–Crippen MR) is 89.6 cm³/mol. The number of thiophene rings is 1. The number of likely N-dealkylation sites (N-methyl/N-ethyl adjacent to an activating group) is 1. The molecule has 5 heteroatoms. The Hall–Kier alpha value is -1.35. The van der Waals surface area contributed by atoms with Gasteiger partial charge in [0.25, 0.3) is 0 Å². The van der Waals surface area contributed by atoms with Crippen molar-refractivity contribution in [1.82, 2.24) is 9.80 Å². The first-order valence-electron chi connectivity index (χ1n) is 7.56. The standard InChI is InChI=1S/C17H24N2O2S/c1-17(2,21)10-9-13-7-8-14(22-13)12-19-11-5-6-15(19)16(20)18(3)4/h7-8,15,21H,5-6,11-12H2,1-4H3. The van der Waals surface area contributed by atoms with Crippen LogP contribution in [-0.4, -0.2) is 53.1 Å². The second-order valence-corrected chi connectivity index (χ2v) is 7.60. The van der Waals surface area contributed by atoms with E-state index in [2.05, 4.69) is 22.8 Å². The normalized spacial score (nSPS) is 18.9. The maximum atomic E-state index is 12.2. The molecule has 1 aromatic rings. The molecule has 1 N–H and O–H groups in total. The number of rotatable bonds is 3. The molecule has 1 atom stereocenters. The molecule has 1 fully saturated rings. The number of aliphatic hydroxyl groups is 1. The maximum absolute atomic E-state index is 12.2. The van der Waals surface area contributed by atoms with Crippen molar-refractivity contribution in [3.8, 4) is 11.8 Å². The molecule has 1 unspecified atom stereocenters. The molecule has 0 radical (unpaired) electrons. The number of amides is 1. The summed E-state index contributed by atoms with van der Waals surface area (Å²) in [5, 5.41) is 9.64. The Labute approximate surface area is 136 Å². The van der Waals surface area contributed by atoms with E-state index in [4.69, 9.17) is 0 Å². The summed E-state index contributed by atoms with van der Waals surface area (Å²) in [7, 11) is 3.63. The lowest BCUT2D eigenvalue weighted by Gasteiger charge is -2.25. The lowest BCUT2D eigenvalue weighted by molar-refractivity contribution is -0.133. The topological polar surface area (TPSA) is 43.8 Å². The molecular formula is C17H24N2O2S. The van der Waals surface area contributed by atoms with Gasteiger partial charge in [-0.2, -0.15) is 0 Å². The van der Waals surface area contributed by atoms with Crippen molar-refractivity contribution in [2.24, 2.45) is 0 Å². The number of carbonyl (C=O) groups excluding carboxylic acids is 1. The zero-order valence-electron chi connectivity index (χ0n) is 13.7. The fourth-order valence-corrected chi connectivity index (χ4v) is 3.42. The van der Waals surface area contributed by atoms with Gasteiger partial charge in [-0.05, 0) is 45.4 Å². The molecule has 1 aromatic heterocycles. The minimum absolute atomic E-state index is 0.00279. The van der Waals surface area contributed by atoms with Gasteiger partial charge in [0.05, 0.1) is 10.9 Å². The summed E-state index contributed by atoms with van der Waals surface area (Å²) >= 11 is 1.63. The van der Waals surface area contributed by atoms with Gasteiger partial charge in [0.2, 0.25) is 5.91 Å². The molecule has 2 rings (SSSR count). The van der Waals surface area contributed by atoms with Gasteiger partial charge in [-0.25, -0.2) is 0 Å². The average Bonchev–Trinajstić information content (AvgIpc) is 3.04. The highest BCUT2D eigenvalue weighted by Crippen LogP contribution is 2.24. The second kappa shape index (κ2) is 6.82. The zero-order valence-corrected chi connectivity index (χ0v) is 14.5. The Bertz CT molecular complexity index is 590. The summed E-state index contributed by atoms with van der Waals surface area (Å²) < 4.78 is 0. The van der Waals surface area contributed by atoms with Crippen LogP contribution in [0.2, 0.25) is 0 Å². The summed E-state index contributed by atoms with van der Waals surface area (Å²) in [6.07, 6.45) is 2.01. The van der Waals surface area contributed by atoms with Crippen LogP contribution in [0.25, 0.3) is 0 Å². The van der Waals surface area contributed by atoms with E-state index in [0.717, 1.165) is 30.8 Å². The molecular weight excluding hydrogens is 296 g/mol. The van der Waals surface area contributed by atoms with Gasteiger partial charge in [0, 0.05) is 25.5 Å². The first-order valence-corrected chi connectivity index (χ1v) is 8.37. The molecule has 1 aliphatic heterocycles. The van der Waals surface area contributed by atoms with Gasteiger partial charge in [0.15, 0.2) is 0 Å². The third kappa shape index (κ3) is 4.57. The molecule has 120 valence electrons. The summed E-state index contributed by atoms with van der Waals surface area (Å²) in [4.78, 5) is 18.3. The summed E-state index contributed by atoms with van der Waals surface area (Å²) in [5.74, 6) is 6.03. The SMILES string of the molecule is CN(C)C(=O)C1CCCN1Cc1ccc(C#CC(C)(C)O)s1. The van der Waals surface area contributed by atoms with Crippen LogP contribution in [0.15, 0.2) is 12.1 Å². The first-order chi connectivity index (χ1) is 10.3. The van der Waals surface area contributed by atoms with Crippen molar-refractivity contribution in [2.75, 3.05) is 20.6 Å². The van der Waals surface area contributed by atoms with Gasteiger partial charge in [-0.1, -0.05) is 11.8 Å². The number of hydrogen-bond donors (Lipinski definition) is 1. The van der Waals surface area contributed by atoms with Gasteiger partial charge >= 0.3 is 0 Å². The van der Waals surface area contributed by atoms with E-state index >= 15 is 0 Å². The Balaban J connectivity index is 2.03. The largest absolute Gasteiger partial charge is 0.378 e. The Morgan fingerprint density at radius 3 is 2.86 bits per heavy atom. The van der Waals surface area contributed by atoms with Gasteiger partial charge in [0.1, 0.15) is 5.60 Å². The van der Waals surface area contributed by atoms with Crippen LogP contribution in [0.5, 0.6) is 0 Å². The number of nitrogens with zero attached hydrogens (tertiary/aromatic N) is 2. The van der Waals surface area contributed by atoms with E-state index in [1.54, 1.807) is 30.1 Å². The monoisotopic (exact) mass is 320 g/mol. The Morgan fingerprint density at radius 1 is 1.50 bits per heavy atom. The fraction of sp³-hybridized carbons (Fsp3) is 0.588. The minimum atomic E-state index is -0.970. The van der Waals surface area contributed by atoms with Crippen molar-refractivity contribution in [2.45, 2.75) is 44.9 Å². The Morgan fingerprint density at radius 2 is 2.23 bits per heavy atom. The smallest absolute Gasteiger partial charge is 0.239 e. The van der Waals surface area contributed by atoms with Crippen molar-refractivity contribution in [1.29, 1.82) is 0 Å². The third-order valence-electron chi connectivity index (χ3n) is 3.60. The maximum Gasteiger partial charge on any atom is 0.239 e. The highest BCUT2D eigenvalue weighted by molar-refractivity contribution is 7.12. The lowest BCUT2D eigenvalue weighted by Crippen LogP contribution is -2.42. The molecule has 22 heavy (non-hydrogen) atoms. The molecule has 0 bridgehead atoms. The molecule has 1 saturated heterocycles. The molecule has 4 nitrogen and oxygen atoms in total. The minimum Gasteiger partial charge on any atom is -0.378 e. The molecule has 2 heterocycles. The molecule has 1 amide bonds. The van der Waals surface area contributed by atoms with E-state index in [0.29, 0.717) is 0 Å². The highest BCUT2D eigenvalue weighted by atomic mass is 32.1. The first kappa shape index (κ1) is 17.0. The van der Waals surface area contributed by atoms with E-state index in [9.17, 15) is 9.90 Å². The van der Waals surface area contributed by atoms with Gasteiger partial charge in [-0.3, -0.25) is 9.69 Å². The number of hydrogen-bond acceptors (Lipinski definition) is 4. The van der Waals surface area contributed by atoms with E-state index in [-0.39, 0.29) is 11.9 Å². The fourth-order valence-electron chi connectivity index (χ4n) is 2.54. The van der Waals surface area contributed by atoms with Crippen LogP contribution in [-0.2, 0) is 11.3 Å². The van der Waals surface area contributed by atoms with Crippen molar-refractivity contribution in [3.05, 3.63) is 21.9 Å². The zero-order chi connectivity index (χ0) is 16.3. The van der Waals surface area contributed by atoms with E-state index < -0.39 is 5.60 Å². The summed E-state index contributed by atoms with van der Waals surface area (Å²) in [6, 6.07) is 4.05. The molecule has 0 aromatic carbocycles. The predicted octanol–water partition coefficient (Wildman–Crippen LogP) is 1.92. The highest BCUT2D eigenvalue weighted by Gasteiger charge is 2.31. The van der Waals surface area contributed by atoms with Crippen LogP contribution in [0.1, 0.15) is 36.4 Å². The van der Waals surface area contributed by atoms with Crippen LogP contribution in [0.4, 0.5) is 0 Å². The third-order valence-corrected chi connectivity index (χ3v) is 4.59.